The Kier molecular flexibility index (Phi) is 11.0. The minimum Gasteiger partial charge on any atom is -0.493 e. The van der Waals surface area contributed by atoms with Gasteiger partial charge in [0, 0.05) is 60.7 Å². The van der Waals surface area contributed by atoms with Gasteiger partial charge < -0.3 is 39.3 Å². The number of hydrogen-bond acceptors (Lipinski definition) is 9. The molecule has 54 heavy (non-hydrogen) atoms. The number of aromatic nitrogens is 2. The summed E-state index contributed by atoms with van der Waals surface area (Å²) in [6.07, 6.45) is 6.61. The molecular formula is C42H43FN4O7. The van der Waals surface area contributed by atoms with Crippen molar-refractivity contribution < 1.29 is 32.9 Å². The molecule has 11 nitrogen and oxygen atoms in total. The lowest BCUT2D eigenvalue weighted by atomic mass is 9.82. The van der Waals surface area contributed by atoms with Crippen LogP contribution in [0, 0.1) is 11.2 Å². The van der Waals surface area contributed by atoms with Crippen LogP contribution in [0.15, 0.2) is 96.2 Å². The van der Waals surface area contributed by atoms with Crippen LogP contribution in [0.3, 0.4) is 0 Å². The summed E-state index contributed by atoms with van der Waals surface area (Å²) in [6, 6.07) is 20.5. The number of nitrogens with two attached hydrogens (primary N) is 1. The third-order valence-corrected chi connectivity index (χ3v) is 9.92. The van der Waals surface area contributed by atoms with Crippen LogP contribution in [0.2, 0.25) is 0 Å². The van der Waals surface area contributed by atoms with E-state index in [9.17, 15) is 14.0 Å². The molecule has 2 saturated heterocycles. The average Bonchev–Trinajstić information content (AvgIpc) is 3.19. The van der Waals surface area contributed by atoms with Crippen LogP contribution in [-0.2, 0) is 20.8 Å². The van der Waals surface area contributed by atoms with Crippen LogP contribution in [0.5, 0.6) is 11.5 Å². The molecule has 1 amide bonds. The van der Waals surface area contributed by atoms with E-state index in [0.29, 0.717) is 85.9 Å². The lowest BCUT2D eigenvalue weighted by Crippen LogP contribution is -2.33. The van der Waals surface area contributed by atoms with Crippen molar-refractivity contribution in [2.75, 3.05) is 57.8 Å². The average molecular weight is 735 g/mol. The first-order valence-electron chi connectivity index (χ1n) is 17.9. The second-order valence-corrected chi connectivity index (χ2v) is 13.9. The predicted molar refractivity (Wildman–Crippen MR) is 204 cm³/mol. The van der Waals surface area contributed by atoms with Gasteiger partial charge in [-0.1, -0.05) is 37.3 Å². The number of nitrogens with zero attached hydrogens (tertiary/aromatic N) is 2. The maximum atomic E-state index is 13.8. The first-order valence-corrected chi connectivity index (χ1v) is 17.9. The van der Waals surface area contributed by atoms with Crippen molar-refractivity contribution in [1.29, 1.82) is 0 Å². The topological polar surface area (TPSA) is 136 Å². The summed E-state index contributed by atoms with van der Waals surface area (Å²) in [5, 5.41) is 2.89. The number of pyridine rings is 2. The van der Waals surface area contributed by atoms with Crippen LogP contribution in [0.25, 0.3) is 33.4 Å². The van der Waals surface area contributed by atoms with Gasteiger partial charge in [-0.15, -0.1) is 0 Å². The van der Waals surface area contributed by atoms with E-state index < -0.39 is 17.2 Å². The number of carbonyl (C=O) groups is 1. The zero-order valence-corrected chi connectivity index (χ0v) is 30.3. The summed E-state index contributed by atoms with van der Waals surface area (Å²) in [5.41, 5.74) is 10.3. The second kappa shape index (κ2) is 16.2. The van der Waals surface area contributed by atoms with E-state index >= 15 is 0 Å². The molecule has 1 atom stereocenters. The van der Waals surface area contributed by atoms with Gasteiger partial charge in [-0.2, -0.15) is 0 Å². The number of benzene rings is 3. The number of anilines is 2. The van der Waals surface area contributed by atoms with E-state index in [1.807, 2.05) is 41.0 Å². The third kappa shape index (κ3) is 8.46. The van der Waals surface area contributed by atoms with Gasteiger partial charge in [0.15, 0.2) is 11.5 Å². The summed E-state index contributed by atoms with van der Waals surface area (Å²) in [5.74, 6) is 0.537. The number of rotatable bonds is 11. The largest absolute Gasteiger partial charge is 0.493 e. The number of amides is 1. The Labute approximate surface area is 312 Å². The number of nitrogens with one attached hydrogen (secondary N) is 1. The molecule has 280 valence electrons. The van der Waals surface area contributed by atoms with Crippen molar-refractivity contribution in [2.24, 2.45) is 5.41 Å². The lowest BCUT2D eigenvalue weighted by Gasteiger charge is -2.34. The van der Waals surface area contributed by atoms with Gasteiger partial charge in [-0.05, 0) is 77.4 Å². The monoisotopic (exact) mass is 734 g/mol. The van der Waals surface area contributed by atoms with Gasteiger partial charge in [0.25, 0.3) is 5.91 Å². The number of methoxy groups -OCH3 is 1. The molecule has 3 N–H and O–H groups in total. The fourth-order valence-corrected chi connectivity index (χ4v) is 6.76. The number of carbonyl (C=O) groups excluding carboxylic acids is 1. The minimum absolute atomic E-state index is 0.0131. The Balaban J connectivity index is 1.10. The number of nitrogen functional groups attached to an aromatic ring is 1. The fraction of sp³-hybridized carbons (Fsp3) is 0.310. The van der Waals surface area contributed by atoms with Crippen molar-refractivity contribution in [3.63, 3.8) is 0 Å². The van der Waals surface area contributed by atoms with E-state index in [1.54, 1.807) is 50.0 Å². The first-order chi connectivity index (χ1) is 26.2. The molecule has 2 aliphatic rings. The Morgan fingerprint density at radius 3 is 2.35 bits per heavy atom. The molecule has 0 spiro atoms. The molecule has 0 saturated carbocycles. The van der Waals surface area contributed by atoms with Crippen molar-refractivity contribution in [3.05, 3.63) is 113 Å². The van der Waals surface area contributed by atoms with E-state index in [1.165, 1.54) is 12.1 Å². The highest BCUT2D eigenvalue weighted by Crippen LogP contribution is 2.36. The lowest BCUT2D eigenvalue weighted by molar-refractivity contribution is -0.101. The molecule has 0 unspecified atom stereocenters. The van der Waals surface area contributed by atoms with Gasteiger partial charge in [-0.25, -0.2) is 9.37 Å². The maximum Gasteiger partial charge on any atom is 0.261 e. The van der Waals surface area contributed by atoms with Crippen LogP contribution in [0.1, 0.15) is 30.1 Å². The molecule has 12 heteroatoms. The van der Waals surface area contributed by atoms with Crippen molar-refractivity contribution in [2.45, 2.75) is 32.4 Å². The quantitative estimate of drug-likeness (QED) is 0.150. The highest BCUT2D eigenvalue weighted by atomic mass is 19.1. The van der Waals surface area contributed by atoms with Crippen LogP contribution < -0.4 is 26.0 Å². The van der Waals surface area contributed by atoms with E-state index in [-0.39, 0.29) is 17.1 Å². The first kappa shape index (κ1) is 36.8. The molecule has 4 heterocycles. The molecule has 7 rings (SSSR count). The maximum absolute atomic E-state index is 13.8. The molecular weight excluding hydrogens is 691 g/mol. The molecule has 3 aromatic carbocycles. The highest BCUT2D eigenvalue weighted by molar-refractivity contribution is 6.04. The van der Waals surface area contributed by atoms with Gasteiger partial charge in [-0.3, -0.25) is 9.59 Å². The van der Waals surface area contributed by atoms with Crippen molar-refractivity contribution in [1.82, 2.24) is 9.55 Å². The number of ether oxygens (including phenoxy) is 5. The molecule has 0 bridgehead atoms. The summed E-state index contributed by atoms with van der Waals surface area (Å²) in [4.78, 5) is 32.0. The number of hydrogen-bond donors (Lipinski definition) is 2. The summed E-state index contributed by atoms with van der Waals surface area (Å²) in [6.45, 7) is 6.03. The smallest absolute Gasteiger partial charge is 0.261 e. The summed E-state index contributed by atoms with van der Waals surface area (Å²) in [7, 11) is 1.59. The van der Waals surface area contributed by atoms with Crippen LogP contribution in [-0.4, -0.2) is 68.3 Å². The Hall–Kier alpha value is -5.56. The standard InChI is InChI=1S/C42H43FN4O7/c1-42(13-15-51-16-14-42)26-47-22-35(28-3-8-31(43)9-4-28)39(48)36(23-47)41(49)46-32-10-5-27(6-11-32)34-19-30(21-45-40(34)44)29-7-12-37(38(20-29)50-2)54-25-33-24-52-17-18-53-33/h3-12,19-23,33H,13-18,24-26H2,1-2H3,(H2,44,45)(H,46,49)/t33-/m1/s1. The van der Waals surface area contributed by atoms with E-state index in [2.05, 4.69) is 17.2 Å². The second-order valence-electron chi connectivity index (χ2n) is 13.9. The van der Waals surface area contributed by atoms with Gasteiger partial charge in [0.05, 0.1) is 26.9 Å². The predicted octanol–water partition coefficient (Wildman–Crippen LogP) is 6.84. The Bertz CT molecular complexity index is 2160. The van der Waals surface area contributed by atoms with Gasteiger partial charge in [0.2, 0.25) is 5.43 Å². The van der Waals surface area contributed by atoms with E-state index in [4.69, 9.17) is 29.4 Å². The number of halogens is 1. The molecule has 0 aliphatic carbocycles. The van der Waals surface area contributed by atoms with Crippen LogP contribution >= 0.6 is 0 Å². The fourth-order valence-electron chi connectivity index (χ4n) is 6.76. The molecule has 2 fully saturated rings. The Morgan fingerprint density at radius 2 is 1.63 bits per heavy atom. The van der Waals surface area contributed by atoms with Gasteiger partial charge in [0.1, 0.15) is 29.9 Å². The molecule has 5 aromatic rings. The third-order valence-electron chi connectivity index (χ3n) is 9.92. The SMILES string of the molecule is COc1cc(-c2cnc(N)c(-c3ccc(NC(=O)c4cn(CC5(C)CCOCC5)cc(-c5ccc(F)cc5)c4=O)cc3)c2)ccc1OC[C@H]1COCCO1. The Morgan fingerprint density at radius 1 is 0.907 bits per heavy atom. The molecule has 2 aliphatic heterocycles. The minimum atomic E-state index is -0.549. The van der Waals surface area contributed by atoms with Gasteiger partial charge >= 0.3 is 0 Å². The summed E-state index contributed by atoms with van der Waals surface area (Å²) < 4.78 is 44.0. The van der Waals surface area contributed by atoms with Crippen molar-refractivity contribution in [3.8, 4) is 44.9 Å². The normalized spacial score (nSPS) is 16.8. The zero-order chi connectivity index (χ0) is 37.7. The van der Waals surface area contributed by atoms with Crippen molar-refractivity contribution >= 4 is 17.4 Å². The highest BCUT2D eigenvalue weighted by Gasteiger charge is 2.29. The summed E-state index contributed by atoms with van der Waals surface area (Å²) >= 11 is 0. The van der Waals surface area contributed by atoms with E-state index in [0.717, 1.165) is 29.5 Å². The molecule has 2 aromatic heterocycles. The van der Waals surface area contributed by atoms with Crippen LogP contribution in [0.4, 0.5) is 15.9 Å². The molecule has 0 radical (unpaired) electrons. The zero-order valence-electron chi connectivity index (χ0n) is 30.3.